The van der Waals surface area contributed by atoms with Crippen molar-refractivity contribution in [1.29, 1.82) is 0 Å². The van der Waals surface area contributed by atoms with Crippen molar-refractivity contribution >= 4 is 18.0 Å². The topological polar surface area (TPSA) is 117 Å². The van der Waals surface area contributed by atoms with Crippen LogP contribution in [0.15, 0.2) is 42.5 Å². The first-order valence-electron chi connectivity index (χ1n) is 10.9. The minimum atomic E-state index is -0.949. The Balaban J connectivity index is 1.79. The molecule has 2 aromatic carbocycles. The van der Waals surface area contributed by atoms with Crippen molar-refractivity contribution in [3.63, 3.8) is 0 Å². The molecule has 34 heavy (non-hydrogen) atoms. The van der Waals surface area contributed by atoms with E-state index in [0.717, 1.165) is 11.1 Å². The Kier molecular flexibility index (Phi) is 9.03. The van der Waals surface area contributed by atoms with Crippen LogP contribution in [-0.2, 0) is 22.7 Å². The van der Waals surface area contributed by atoms with Gasteiger partial charge in [-0.1, -0.05) is 24.3 Å². The molecule has 0 saturated heterocycles. The highest BCUT2D eigenvalue weighted by Gasteiger charge is 2.26. The second-order valence-electron chi connectivity index (χ2n) is 9.00. The minimum absolute atomic E-state index is 0.276. The van der Waals surface area contributed by atoms with E-state index in [9.17, 15) is 14.4 Å². The third kappa shape index (κ3) is 8.08. The fraction of sp³-hybridized carbons (Fsp3) is 0.400. The smallest absolute Gasteiger partial charge is 0.410 e. The first-order valence-corrected chi connectivity index (χ1v) is 10.9. The van der Waals surface area contributed by atoms with Crippen molar-refractivity contribution in [3.8, 4) is 5.75 Å². The quantitative estimate of drug-likeness (QED) is 0.478. The molecule has 0 heterocycles. The molecule has 2 amide bonds. The maximum absolute atomic E-state index is 12.3. The standard InChI is InChI=1S/C25H33N3O6/c1-16-13-19(9-12-21(16)23(30)31)15-33-20-10-7-18(8-11-20)14-26-27-22(29)17(2)28(6)24(32)34-25(3,4)5/h7-13,17,26H,14-15H2,1-6H3,(H,27,29)(H,30,31). The number of likely N-dealkylation sites (N-methyl/N-ethyl adjacent to an activating group) is 1. The van der Waals surface area contributed by atoms with E-state index in [1.165, 1.54) is 11.9 Å². The van der Waals surface area contributed by atoms with Gasteiger partial charge in [0.05, 0.1) is 5.56 Å². The zero-order chi connectivity index (χ0) is 25.5. The number of aromatic carboxylic acids is 1. The Morgan fingerprint density at radius 2 is 1.68 bits per heavy atom. The number of carboxylic acids is 1. The molecular weight excluding hydrogens is 438 g/mol. The number of nitrogens with one attached hydrogen (secondary N) is 2. The van der Waals surface area contributed by atoms with Crippen molar-refractivity contribution in [2.75, 3.05) is 7.05 Å². The molecule has 2 aromatic rings. The first kappa shape index (κ1) is 26.7. The zero-order valence-corrected chi connectivity index (χ0v) is 20.5. The number of carboxylic acid groups (broad SMARTS) is 1. The molecule has 0 spiro atoms. The third-order valence-corrected chi connectivity index (χ3v) is 5.00. The number of carbonyl (C=O) groups is 3. The molecule has 0 fully saturated rings. The van der Waals surface area contributed by atoms with Crippen LogP contribution in [-0.4, -0.2) is 46.7 Å². The van der Waals surface area contributed by atoms with E-state index in [-0.39, 0.29) is 11.5 Å². The van der Waals surface area contributed by atoms with Gasteiger partial charge in [-0.2, -0.15) is 0 Å². The molecule has 0 radical (unpaired) electrons. The lowest BCUT2D eigenvalue weighted by molar-refractivity contribution is -0.126. The number of ether oxygens (including phenoxy) is 2. The maximum Gasteiger partial charge on any atom is 0.410 e. The van der Waals surface area contributed by atoms with Gasteiger partial charge in [0.1, 0.15) is 24.0 Å². The van der Waals surface area contributed by atoms with Crippen LogP contribution in [0, 0.1) is 6.92 Å². The fourth-order valence-electron chi connectivity index (χ4n) is 2.93. The number of nitrogens with zero attached hydrogens (tertiary/aromatic N) is 1. The molecule has 0 saturated carbocycles. The second-order valence-corrected chi connectivity index (χ2v) is 9.00. The van der Waals surface area contributed by atoms with Gasteiger partial charge in [0.2, 0.25) is 0 Å². The summed E-state index contributed by atoms with van der Waals surface area (Å²) in [5, 5.41) is 9.11. The average Bonchev–Trinajstić information content (AvgIpc) is 2.76. The number of hydrogen-bond acceptors (Lipinski definition) is 6. The SMILES string of the molecule is Cc1cc(COc2ccc(CNNC(=O)C(C)N(C)C(=O)OC(C)(C)C)cc2)ccc1C(=O)O. The van der Waals surface area contributed by atoms with Gasteiger partial charge in [0.15, 0.2) is 0 Å². The van der Waals surface area contributed by atoms with Crippen molar-refractivity contribution in [3.05, 3.63) is 64.7 Å². The number of hydrazine groups is 1. The Morgan fingerprint density at radius 3 is 2.24 bits per heavy atom. The van der Waals surface area contributed by atoms with Crippen LogP contribution < -0.4 is 15.6 Å². The number of carbonyl (C=O) groups excluding carboxylic acids is 2. The summed E-state index contributed by atoms with van der Waals surface area (Å²) < 4.78 is 11.0. The van der Waals surface area contributed by atoms with Gasteiger partial charge < -0.3 is 14.6 Å². The molecule has 3 N–H and O–H groups in total. The Hall–Kier alpha value is -3.59. The Morgan fingerprint density at radius 1 is 1.06 bits per heavy atom. The predicted octanol–water partition coefficient (Wildman–Crippen LogP) is 3.65. The van der Waals surface area contributed by atoms with Crippen LogP contribution >= 0.6 is 0 Å². The van der Waals surface area contributed by atoms with Crippen LogP contribution in [0.1, 0.15) is 54.7 Å². The van der Waals surface area contributed by atoms with E-state index >= 15 is 0 Å². The Labute approximate surface area is 200 Å². The summed E-state index contributed by atoms with van der Waals surface area (Å²) in [6, 6.07) is 11.8. The lowest BCUT2D eigenvalue weighted by Crippen LogP contribution is -2.50. The second kappa shape index (κ2) is 11.5. The highest BCUT2D eigenvalue weighted by atomic mass is 16.6. The summed E-state index contributed by atoms with van der Waals surface area (Å²) in [4.78, 5) is 36.8. The number of aryl methyl sites for hydroxylation is 1. The van der Waals surface area contributed by atoms with E-state index in [1.54, 1.807) is 52.8 Å². The average molecular weight is 472 g/mol. The van der Waals surface area contributed by atoms with Crippen LogP contribution in [0.3, 0.4) is 0 Å². The Bertz CT molecular complexity index is 1010. The third-order valence-electron chi connectivity index (χ3n) is 5.00. The molecule has 0 aromatic heterocycles. The largest absolute Gasteiger partial charge is 0.489 e. The molecule has 184 valence electrons. The molecule has 0 aliphatic heterocycles. The lowest BCUT2D eigenvalue weighted by Gasteiger charge is -2.28. The van der Waals surface area contributed by atoms with E-state index < -0.39 is 23.7 Å². The van der Waals surface area contributed by atoms with Gasteiger partial charge in [-0.3, -0.25) is 15.1 Å². The summed E-state index contributed by atoms with van der Waals surface area (Å²) in [6.07, 6.45) is -0.571. The van der Waals surface area contributed by atoms with E-state index in [4.69, 9.17) is 14.6 Å². The predicted molar refractivity (Wildman–Crippen MR) is 127 cm³/mol. The van der Waals surface area contributed by atoms with Crippen LogP contribution in [0.25, 0.3) is 0 Å². The monoisotopic (exact) mass is 471 g/mol. The molecule has 1 atom stereocenters. The summed E-state index contributed by atoms with van der Waals surface area (Å²) in [6.45, 7) is 9.36. The summed E-state index contributed by atoms with van der Waals surface area (Å²) in [7, 11) is 1.51. The molecule has 0 aliphatic carbocycles. The first-order chi connectivity index (χ1) is 15.9. The number of hydrogen-bond donors (Lipinski definition) is 3. The lowest BCUT2D eigenvalue weighted by atomic mass is 10.1. The maximum atomic E-state index is 12.3. The summed E-state index contributed by atoms with van der Waals surface area (Å²) in [5.74, 6) is -0.646. The molecule has 9 nitrogen and oxygen atoms in total. The number of rotatable bonds is 9. The van der Waals surface area contributed by atoms with E-state index in [0.29, 0.717) is 24.5 Å². The molecular formula is C25H33N3O6. The normalized spacial score (nSPS) is 11.9. The van der Waals surface area contributed by atoms with Gasteiger partial charge in [0, 0.05) is 13.6 Å². The van der Waals surface area contributed by atoms with Crippen molar-refractivity contribution in [2.24, 2.45) is 0 Å². The van der Waals surface area contributed by atoms with Crippen molar-refractivity contribution in [2.45, 2.75) is 59.4 Å². The minimum Gasteiger partial charge on any atom is -0.489 e. The van der Waals surface area contributed by atoms with Crippen molar-refractivity contribution < 1.29 is 29.0 Å². The van der Waals surface area contributed by atoms with Crippen LogP contribution in [0.4, 0.5) is 4.79 Å². The molecule has 0 bridgehead atoms. The van der Waals surface area contributed by atoms with E-state index in [1.807, 2.05) is 24.3 Å². The van der Waals surface area contributed by atoms with Gasteiger partial charge in [-0.25, -0.2) is 15.0 Å². The highest BCUT2D eigenvalue weighted by molar-refractivity contribution is 5.89. The molecule has 2 rings (SSSR count). The molecule has 0 aliphatic rings. The molecule has 9 heteroatoms. The van der Waals surface area contributed by atoms with Crippen LogP contribution in [0.2, 0.25) is 0 Å². The zero-order valence-electron chi connectivity index (χ0n) is 20.5. The van der Waals surface area contributed by atoms with Gasteiger partial charge in [0.25, 0.3) is 5.91 Å². The number of amides is 2. The highest BCUT2D eigenvalue weighted by Crippen LogP contribution is 2.16. The number of benzene rings is 2. The fourth-order valence-corrected chi connectivity index (χ4v) is 2.93. The van der Waals surface area contributed by atoms with Gasteiger partial charge >= 0.3 is 12.1 Å². The van der Waals surface area contributed by atoms with Crippen molar-refractivity contribution in [1.82, 2.24) is 15.8 Å². The van der Waals surface area contributed by atoms with E-state index in [2.05, 4.69) is 10.9 Å². The summed E-state index contributed by atoms with van der Waals surface area (Å²) in [5.41, 5.74) is 7.57. The van der Waals surface area contributed by atoms with Gasteiger partial charge in [-0.15, -0.1) is 0 Å². The molecule has 1 unspecified atom stereocenters. The van der Waals surface area contributed by atoms with Gasteiger partial charge in [-0.05, 0) is 69.5 Å². The van der Waals surface area contributed by atoms with Crippen LogP contribution in [0.5, 0.6) is 5.75 Å². The summed E-state index contributed by atoms with van der Waals surface area (Å²) >= 11 is 0.